The highest BCUT2D eigenvalue weighted by Gasteiger charge is 2.54. The van der Waals surface area contributed by atoms with Crippen LogP contribution in [0.15, 0.2) is 0 Å². The van der Waals surface area contributed by atoms with Gasteiger partial charge in [-0.15, -0.1) is 0 Å². The van der Waals surface area contributed by atoms with E-state index in [1.165, 1.54) is 0 Å². The molecule has 0 bridgehead atoms. The van der Waals surface area contributed by atoms with Crippen molar-refractivity contribution in [3.05, 3.63) is 0 Å². The molecule has 38 heavy (non-hydrogen) atoms. The minimum Gasteiger partial charge on any atom is -0.394 e. The molecule has 0 spiro atoms. The summed E-state index contributed by atoms with van der Waals surface area (Å²) in [6.45, 7) is -2.65. The number of phosphoric ester groups is 1. The quantitative estimate of drug-likeness (QED) is 0.112. The lowest BCUT2D eigenvalue weighted by atomic mass is 9.96. The molecule has 3 aliphatic rings. The van der Waals surface area contributed by atoms with Crippen molar-refractivity contribution in [1.82, 2.24) is 0 Å². The smallest absolute Gasteiger partial charge is 0.394 e. The highest BCUT2D eigenvalue weighted by atomic mass is 31.2. The molecule has 224 valence electrons. The third kappa shape index (κ3) is 7.04. The van der Waals surface area contributed by atoms with Crippen molar-refractivity contribution in [3.63, 3.8) is 0 Å². The molecule has 0 unspecified atom stereocenters. The summed E-state index contributed by atoms with van der Waals surface area (Å²) in [6.07, 6.45) is -27.6. The molecule has 0 aromatic rings. The Morgan fingerprint density at radius 2 is 1.11 bits per heavy atom. The molecule has 0 amide bonds. The standard InChI is InChI=1S/C18H33O19P/c19-1-4-7(21)11(25)15(18(34-4)36-14-9(23)5(2-20)33-16(28)13(14)27)37-17-12(26)10(24)8(22)6(35-17)3-32-38(29,30)31/h4-28H,1-3H2,(H2,29,30,31)/t4-,5-,6-,7-,8-,9-,10+,11+,12+,13+,14+,15+,16+,17-,18-/m1/s1. The molecule has 0 aromatic carbocycles. The Balaban J connectivity index is 1.83. The number of rotatable bonds is 9. The van der Waals surface area contributed by atoms with E-state index in [-0.39, 0.29) is 0 Å². The summed E-state index contributed by atoms with van der Waals surface area (Å²) in [7, 11) is -5.04. The van der Waals surface area contributed by atoms with Gasteiger partial charge in [-0.25, -0.2) is 4.57 Å². The van der Waals surface area contributed by atoms with Gasteiger partial charge in [-0.3, -0.25) is 4.52 Å². The maximum atomic E-state index is 11.0. The van der Waals surface area contributed by atoms with Gasteiger partial charge in [0.05, 0.1) is 19.8 Å². The van der Waals surface area contributed by atoms with Gasteiger partial charge < -0.3 is 84.5 Å². The molecule has 3 heterocycles. The number of hydrogen-bond donors (Lipinski definition) is 12. The fraction of sp³-hybridized carbons (Fsp3) is 1.00. The number of phosphoric acid groups is 1. The molecule has 3 fully saturated rings. The van der Waals surface area contributed by atoms with E-state index in [4.69, 9.17) is 33.5 Å². The molecule has 0 saturated carbocycles. The SMILES string of the molecule is O=P(O)(O)OC[C@H]1O[C@H](O[C@@H]2[C@@H](O[C@@H]3[C@H](O)[C@@H](O)O[C@H](CO)[C@H]3O)O[C@H](CO)[C@@H](O)[C@@H]2O)[C@@H](O)[C@@H](O)[C@@H]1O. The third-order valence-electron chi connectivity index (χ3n) is 6.32. The molecular weight excluding hydrogens is 551 g/mol. The first-order valence-electron chi connectivity index (χ1n) is 11.3. The van der Waals surface area contributed by atoms with Crippen LogP contribution in [-0.4, -0.2) is 173 Å². The number of ether oxygens (including phenoxy) is 5. The molecular formula is C18H33O19P. The minimum absolute atomic E-state index is 0.808. The van der Waals surface area contributed by atoms with Crippen molar-refractivity contribution >= 4 is 7.82 Å². The van der Waals surface area contributed by atoms with E-state index >= 15 is 0 Å². The van der Waals surface area contributed by atoms with Crippen molar-refractivity contribution in [1.29, 1.82) is 0 Å². The number of aliphatic hydroxyl groups is 10. The average molecular weight is 584 g/mol. The van der Waals surface area contributed by atoms with E-state index in [2.05, 4.69) is 4.52 Å². The van der Waals surface area contributed by atoms with Gasteiger partial charge in [-0.1, -0.05) is 0 Å². The lowest BCUT2D eigenvalue weighted by Gasteiger charge is -2.48. The van der Waals surface area contributed by atoms with Gasteiger partial charge in [0, 0.05) is 0 Å². The Morgan fingerprint density at radius 3 is 1.68 bits per heavy atom. The second-order valence-electron chi connectivity index (χ2n) is 8.94. The van der Waals surface area contributed by atoms with Crippen LogP contribution in [0.4, 0.5) is 0 Å². The Bertz CT molecular complexity index is 800. The molecule has 20 heteroatoms. The van der Waals surface area contributed by atoms with Crippen LogP contribution in [0.1, 0.15) is 0 Å². The largest absolute Gasteiger partial charge is 0.469 e. The monoisotopic (exact) mass is 584 g/mol. The van der Waals surface area contributed by atoms with Crippen LogP contribution in [0.5, 0.6) is 0 Å². The predicted molar refractivity (Wildman–Crippen MR) is 112 cm³/mol. The Labute approximate surface area is 214 Å². The molecule has 12 N–H and O–H groups in total. The highest BCUT2D eigenvalue weighted by molar-refractivity contribution is 7.46. The zero-order valence-electron chi connectivity index (χ0n) is 19.5. The third-order valence-corrected chi connectivity index (χ3v) is 6.81. The van der Waals surface area contributed by atoms with Crippen molar-refractivity contribution in [2.24, 2.45) is 0 Å². The second kappa shape index (κ2) is 13.0. The molecule has 3 saturated heterocycles. The van der Waals surface area contributed by atoms with Crippen molar-refractivity contribution in [2.75, 3.05) is 19.8 Å². The van der Waals surface area contributed by atoms with Gasteiger partial charge in [0.15, 0.2) is 18.9 Å². The van der Waals surface area contributed by atoms with E-state index in [1.807, 2.05) is 0 Å². The summed E-state index contributed by atoms with van der Waals surface area (Å²) in [6, 6.07) is 0. The van der Waals surface area contributed by atoms with Crippen LogP contribution < -0.4 is 0 Å². The van der Waals surface area contributed by atoms with Crippen LogP contribution >= 0.6 is 7.82 Å². The minimum atomic E-state index is -5.04. The number of hydrogen-bond acceptors (Lipinski definition) is 17. The van der Waals surface area contributed by atoms with E-state index in [0.29, 0.717) is 0 Å². The fourth-order valence-corrected chi connectivity index (χ4v) is 4.53. The normalized spacial score (nSPS) is 48.7. The molecule has 0 aromatic heterocycles. The molecule has 3 rings (SSSR count). The maximum absolute atomic E-state index is 11.0. The van der Waals surface area contributed by atoms with E-state index in [9.17, 15) is 55.6 Å². The van der Waals surface area contributed by atoms with Crippen LogP contribution in [0.25, 0.3) is 0 Å². The summed E-state index contributed by atoms with van der Waals surface area (Å²) in [4.78, 5) is 17.8. The van der Waals surface area contributed by atoms with Gasteiger partial charge in [-0.2, -0.15) is 0 Å². The van der Waals surface area contributed by atoms with Gasteiger partial charge in [0.25, 0.3) is 0 Å². The van der Waals surface area contributed by atoms with Gasteiger partial charge >= 0.3 is 7.82 Å². The summed E-state index contributed by atoms with van der Waals surface area (Å²) < 4.78 is 41.7. The maximum Gasteiger partial charge on any atom is 0.469 e. The average Bonchev–Trinajstić information content (AvgIpc) is 2.86. The second-order valence-corrected chi connectivity index (χ2v) is 10.2. The summed E-state index contributed by atoms with van der Waals surface area (Å²) in [5.41, 5.74) is 0. The van der Waals surface area contributed by atoms with Crippen LogP contribution in [0, 0.1) is 0 Å². The topological polar surface area (TPSA) is 315 Å². The van der Waals surface area contributed by atoms with E-state index in [1.54, 1.807) is 0 Å². The van der Waals surface area contributed by atoms with Gasteiger partial charge in [-0.05, 0) is 0 Å². The predicted octanol–water partition coefficient (Wildman–Crippen LogP) is -7.46. The summed E-state index contributed by atoms with van der Waals surface area (Å²) in [5.74, 6) is 0. The zero-order valence-corrected chi connectivity index (χ0v) is 20.3. The van der Waals surface area contributed by atoms with Crippen molar-refractivity contribution in [3.8, 4) is 0 Å². The number of aliphatic hydroxyl groups excluding tert-OH is 10. The van der Waals surface area contributed by atoms with E-state index in [0.717, 1.165) is 0 Å². The Hall–Kier alpha value is -0.490. The summed E-state index contributed by atoms with van der Waals surface area (Å²) in [5, 5.41) is 101. The van der Waals surface area contributed by atoms with Gasteiger partial charge in [0.1, 0.15) is 73.2 Å². The zero-order chi connectivity index (χ0) is 28.5. The summed E-state index contributed by atoms with van der Waals surface area (Å²) >= 11 is 0. The van der Waals surface area contributed by atoms with Crippen LogP contribution in [-0.2, 0) is 32.8 Å². The lowest BCUT2D eigenvalue weighted by molar-refractivity contribution is -0.387. The first kappa shape index (κ1) is 32.0. The Kier molecular flexibility index (Phi) is 11.0. The first-order chi connectivity index (χ1) is 17.7. The van der Waals surface area contributed by atoms with Crippen LogP contribution in [0.2, 0.25) is 0 Å². The lowest BCUT2D eigenvalue weighted by Crippen LogP contribution is -2.67. The van der Waals surface area contributed by atoms with Crippen LogP contribution in [0.3, 0.4) is 0 Å². The molecule has 15 atom stereocenters. The van der Waals surface area contributed by atoms with Crippen molar-refractivity contribution in [2.45, 2.75) is 92.1 Å². The van der Waals surface area contributed by atoms with Gasteiger partial charge in [0.2, 0.25) is 0 Å². The Morgan fingerprint density at radius 1 is 0.579 bits per heavy atom. The first-order valence-corrected chi connectivity index (χ1v) is 12.9. The fourth-order valence-electron chi connectivity index (χ4n) is 4.19. The molecule has 0 radical (unpaired) electrons. The molecule has 19 nitrogen and oxygen atoms in total. The van der Waals surface area contributed by atoms with E-state index < -0.39 is 120 Å². The van der Waals surface area contributed by atoms with Crippen molar-refractivity contribution < 1.29 is 93.6 Å². The molecule has 3 aliphatic heterocycles. The molecule has 0 aliphatic carbocycles. The highest BCUT2D eigenvalue weighted by Crippen LogP contribution is 2.38.